The molecule has 2 aliphatic carbocycles. The van der Waals surface area contributed by atoms with Crippen LogP contribution in [0.4, 0.5) is 0 Å². The molecule has 3 rings (SSSR count). The molecule has 0 saturated carbocycles. The van der Waals surface area contributed by atoms with E-state index in [1.807, 2.05) is 0 Å². The van der Waals surface area contributed by atoms with E-state index in [0.717, 1.165) is 20.6 Å². The summed E-state index contributed by atoms with van der Waals surface area (Å²) in [6.45, 7) is 0. The molecule has 1 aromatic carbocycles. The molecule has 0 amide bonds. The van der Waals surface area contributed by atoms with Crippen LogP contribution in [0.3, 0.4) is 0 Å². The minimum absolute atomic E-state index is 0.627. The van der Waals surface area contributed by atoms with E-state index in [4.69, 9.17) is 10.2 Å². The molecular weight excluding hydrogens is 284 g/mol. The van der Waals surface area contributed by atoms with E-state index in [1.165, 1.54) is 11.1 Å². The van der Waals surface area contributed by atoms with Gasteiger partial charge in [-0.15, -0.1) is 0 Å². The summed E-state index contributed by atoms with van der Waals surface area (Å²) in [6.07, 6.45) is 12.5. The molecule has 3 heteroatoms. The second-order valence-electron chi connectivity index (χ2n) is 4.32. The Kier molecular flexibility index (Phi) is 7.64. The molecule has 0 bridgehead atoms. The van der Waals surface area contributed by atoms with Crippen LogP contribution in [0.25, 0.3) is 6.08 Å². The molecule has 0 aliphatic heterocycles. The summed E-state index contributed by atoms with van der Waals surface area (Å²) < 4.78 is 2.24. The van der Waals surface area contributed by atoms with Gasteiger partial charge < -0.3 is 10.2 Å². The molecule has 1 atom stereocenters. The molecule has 2 N–H and O–H groups in total. The number of hydrogen-bond donors (Lipinski definition) is 2. The first kappa shape index (κ1) is 17.0. The number of benzene rings is 1. The van der Waals surface area contributed by atoms with Crippen molar-refractivity contribution in [3.05, 3.63) is 63.6 Å². The van der Waals surface area contributed by atoms with Crippen molar-refractivity contribution >= 4 is 10.9 Å². The zero-order chi connectivity index (χ0) is 15.0. The molecule has 0 saturated heterocycles. The monoisotopic (exact) mass is 306 g/mol. The average molecular weight is 306 g/mol. The number of aliphatic hydroxyl groups is 2. The molecule has 2 nitrogen and oxygen atoms in total. The molecule has 106 valence electrons. The Hall–Kier alpha value is -1.06. The van der Waals surface area contributed by atoms with Gasteiger partial charge in [0.1, 0.15) is 0 Å². The van der Waals surface area contributed by atoms with Crippen LogP contribution in [0.5, 0.6) is 0 Å². The molecule has 2 aliphatic rings. The molecule has 0 heterocycles. The molecule has 0 fully saturated rings. The van der Waals surface area contributed by atoms with Crippen LogP contribution in [0.2, 0.25) is 0 Å². The van der Waals surface area contributed by atoms with Crippen molar-refractivity contribution in [2.45, 2.75) is 10.6 Å². The van der Waals surface area contributed by atoms with Crippen molar-refractivity contribution in [2.24, 2.45) is 0 Å². The van der Waals surface area contributed by atoms with Crippen LogP contribution in [0, 0.1) is 0 Å². The van der Waals surface area contributed by atoms with Gasteiger partial charge in [0, 0.05) is 14.2 Å². The van der Waals surface area contributed by atoms with Crippen LogP contribution < -0.4 is 0 Å². The Labute approximate surface area is 127 Å². The van der Waals surface area contributed by atoms with Crippen molar-refractivity contribution in [3.8, 4) is 0 Å². The van der Waals surface area contributed by atoms with Crippen molar-refractivity contribution in [1.29, 1.82) is 0 Å². The van der Waals surface area contributed by atoms with Crippen molar-refractivity contribution < 1.29 is 27.6 Å². The molecule has 0 aromatic heterocycles. The van der Waals surface area contributed by atoms with Gasteiger partial charge in [0.05, 0.1) is 0 Å². The van der Waals surface area contributed by atoms with Crippen LogP contribution in [-0.2, 0) is 17.4 Å². The zero-order valence-electron chi connectivity index (χ0n) is 12.1. The van der Waals surface area contributed by atoms with Gasteiger partial charge in [0.15, 0.2) is 0 Å². The van der Waals surface area contributed by atoms with Crippen LogP contribution in [0.1, 0.15) is 21.8 Å². The van der Waals surface area contributed by atoms with E-state index in [1.54, 1.807) is 3.88 Å². The zero-order valence-corrected chi connectivity index (χ0v) is 13.6. The second kappa shape index (κ2) is 8.99. The third kappa shape index (κ3) is 3.74. The molecule has 1 aromatic rings. The predicted octanol–water partition coefficient (Wildman–Crippen LogP) is 2.87. The standard InChI is InChI=1S/C9H7.C5H5.2CH4O.CH2.Ti/c1-2-5-9-7-3-6-8(9)4-1;1-2-4-5-3-1;2*1-2;;/h1-7H;1-3H,4H2;2*2H,1H3;1H2;. The maximum absolute atomic E-state index is 7.00. The fourth-order valence-electron chi connectivity index (χ4n) is 2.44. The number of hydrogen-bond acceptors (Lipinski definition) is 2. The fourth-order valence-corrected chi connectivity index (χ4v) is 5.65. The van der Waals surface area contributed by atoms with Gasteiger partial charge in [-0.05, 0) is 0 Å². The van der Waals surface area contributed by atoms with Crippen molar-refractivity contribution in [1.82, 2.24) is 0 Å². The number of fused-ring (bicyclic) bond motifs is 1. The molecule has 0 radical (unpaired) electrons. The van der Waals surface area contributed by atoms with E-state index in [2.05, 4.69) is 59.5 Å². The van der Waals surface area contributed by atoms with Gasteiger partial charge in [-0.2, -0.15) is 0 Å². The molecule has 0 spiro atoms. The van der Waals surface area contributed by atoms with Gasteiger partial charge in [-0.1, -0.05) is 0 Å². The first-order chi connectivity index (χ1) is 9.86. The third-order valence-electron chi connectivity index (χ3n) is 3.36. The average Bonchev–Trinajstić information content (AvgIpc) is 3.20. The number of rotatable bonds is 2. The second-order valence-corrected chi connectivity index (χ2v) is 7.93. The Morgan fingerprint density at radius 2 is 1.85 bits per heavy atom. The van der Waals surface area contributed by atoms with Gasteiger partial charge in [0.25, 0.3) is 0 Å². The number of allylic oxidation sites excluding steroid dienone is 5. The molecule has 20 heavy (non-hydrogen) atoms. The quantitative estimate of drug-likeness (QED) is 0.825. The summed E-state index contributed by atoms with van der Waals surface area (Å²) >= 11 is -1.37. The van der Waals surface area contributed by atoms with E-state index in [-0.39, 0.29) is 0 Å². The van der Waals surface area contributed by atoms with Gasteiger partial charge in [0.2, 0.25) is 0 Å². The first-order valence-electron chi connectivity index (χ1n) is 6.58. The van der Waals surface area contributed by atoms with E-state index >= 15 is 0 Å². The van der Waals surface area contributed by atoms with Gasteiger partial charge >= 0.3 is 103 Å². The van der Waals surface area contributed by atoms with Crippen LogP contribution >= 0.6 is 0 Å². The Balaban J connectivity index is 0.000000461. The normalized spacial score (nSPS) is 17.4. The van der Waals surface area contributed by atoms with Crippen molar-refractivity contribution in [3.63, 3.8) is 0 Å². The summed E-state index contributed by atoms with van der Waals surface area (Å²) in [6, 6.07) is 8.73. The van der Waals surface area contributed by atoms with E-state index in [0.29, 0.717) is 4.22 Å². The maximum atomic E-state index is 7.00. The summed E-state index contributed by atoms with van der Waals surface area (Å²) in [5.74, 6) is 0. The summed E-state index contributed by atoms with van der Waals surface area (Å²) in [4.78, 5) is 4.51. The predicted molar refractivity (Wildman–Crippen MR) is 83.5 cm³/mol. The van der Waals surface area contributed by atoms with Gasteiger partial charge in [-0.25, -0.2) is 0 Å². The van der Waals surface area contributed by atoms with Gasteiger partial charge in [-0.3, -0.25) is 0 Å². The van der Waals surface area contributed by atoms with Crippen LogP contribution in [-0.4, -0.2) is 29.2 Å². The summed E-state index contributed by atoms with van der Waals surface area (Å²) in [5, 5.41) is 14.0. The SMILES string of the molecule is CO.CO.[CH2]=[Ti]([C]1=CC=CC1)[CH]1C=Cc2ccccc21. The first-order valence-corrected chi connectivity index (χ1v) is 9.36. The minimum atomic E-state index is -1.37. The topological polar surface area (TPSA) is 40.5 Å². The van der Waals surface area contributed by atoms with Crippen LogP contribution in [0.15, 0.2) is 52.4 Å². The molecular formula is C17H22O2Ti. The van der Waals surface area contributed by atoms with E-state index < -0.39 is 17.4 Å². The Morgan fingerprint density at radius 1 is 1.15 bits per heavy atom. The number of aliphatic hydroxyl groups excluding tert-OH is 2. The molecule has 1 unspecified atom stereocenters. The van der Waals surface area contributed by atoms with Crippen molar-refractivity contribution in [2.75, 3.05) is 14.2 Å². The summed E-state index contributed by atoms with van der Waals surface area (Å²) in [7, 11) is 2.00. The Morgan fingerprint density at radius 3 is 2.50 bits per heavy atom. The fraction of sp³-hybridized carbons (Fsp3) is 0.235. The Bertz CT molecular complexity index is 542. The summed E-state index contributed by atoms with van der Waals surface area (Å²) in [5.41, 5.74) is 2.90. The third-order valence-corrected chi connectivity index (χ3v) is 7.18. The van der Waals surface area contributed by atoms with E-state index in [9.17, 15) is 0 Å².